The first-order chi connectivity index (χ1) is 10.1. The lowest BCUT2D eigenvalue weighted by molar-refractivity contribution is 0.307. The van der Waals surface area contributed by atoms with E-state index in [9.17, 15) is 0 Å². The van der Waals surface area contributed by atoms with Crippen molar-refractivity contribution >= 4 is 33.1 Å². The van der Waals surface area contributed by atoms with E-state index in [1.807, 2.05) is 31.2 Å². The monoisotopic (exact) mass is 349 g/mol. The zero-order chi connectivity index (χ0) is 15.2. The third-order valence-electron chi connectivity index (χ3n) is 3.04. The minimum atomic E-state index is 0.483. The third kappa shape index (κ3) is 4.11. The molecule has 0 atom stereocenters. The molecule has 0 radical (unpaired) electrons. The second-order valence-electron chi connectivity index (χ2n) is 4.72. The predicted octanol–water partition coefficient (Wildman–Crippen LogP) is 4.52. The average molecular weight is 350 g/mol. The third-order valence-corrected chi connectivity index (χ3v) is 3.54. The number of aryl methyl sites for hydroxylation is 1. The normalized spacial score (nSPS) is 10.4. The molecule has 0 aliphatic carbocycles. The second-order valence-corrected chi connectivity index (χ2v) is 5.64. The lowest BCUT2D eigenvalue weighted by Gasteiger charge is -2.13. The maximum atomic E-state index is 5.88. The molecule has 5 heteroatoms. The molecule has 2 rings (SSSR count). The summed E-state index contributed by atoms with van der Waals surface area (Å²) in [6, 6.07) is 9.81. The van der Waals surface area contributed by atoms with Crippen LogP contribution in [0.2, 0.25) is 0 Å². The van der Waals surface area contributed by atoms with E-state index >= 15 is 0 Å². The van der Waals surface area contributed by atoms with Crippen LogP contribution in [0.25, 0.3) is 0 Å². The molecule has 21 heavy (non-hydrogen) atoms. The van der Waals surface area contributed by atoms with Gasteiger partial charge in [-0.05, 0) is 48.7 Å². The molecular formula is C16H20BrN3O. The number of nitrogens with two attached hydrogens (primary N) is 1. The summed E-state index contributed by atoms with van der Waals surface area (Å²) < 4.78 is 6.63. The highest BCUT2D eigenvalue weighted by Gasteiger charge is 2.07. The fraction of sp³-hybridized carbons (Fsp3) is 0.312. The van der Waals surface area contributed by atoms with E-state index in [0.29, 0.717) is 18.2 Å². The number of aromatic nitrogens is 1. The Morgan fingerprint density at radius 1 is 1.24 bits per heavy atom. The zero-order valence-corrected chi connectivity index (χ0v) is 13.9. The van der Waals surface area contributed by atoms with Gasteiger partial charge in [-0.2, -0.15) is 4.98 Å². The highest BCUT2D eigenvalue weighted by molar-refractivity contribution is 9.10. The van der Waals surface area contributed by atoms with Gasteiger partial charge in [-0.15, -0.1) is 0 Å². The van der Waals surface area contributed by atoms with E-state index in [1.54, 1.807) is 0 Å². The van der Waals surface area contributed by atoms with Gasteiger partial charge in [0.15, 0.2) is 0 Å². The zero-order valence-electron chi connectivity index (χ0n) is 12.3. The molecule has 0 aliphatic rings. The summed E-state index contributed by atoms with van der Waals surface area (Å²) in [5.74, 6) is 1.21. The van der Waals surface area contributed by atoms with Gasteiger partial charge in [-0.25, -0.2) is 0 Å². The molecule has 0 fully saturated rings. The molecule has 1 heterocycles. The molecule has 0 saturated heterocycles. The molecule has 0 saturated carbocycles. The fourth-order valence-corrected chi connectivity index (χ4v) is 2.36. The SMILES string of the molecule is CCCOc1nc(Nc2ccc(Br)cc2CC)ccc1N. The number of anilines is 3. The average Bonchev–Trinajstić information content (AvgIpc) is 2.49. The van der Waals surface area contributed by atoms with Crippen LogP contribution in [-0.2, 0) is 6.42 Å². The van der Waals surface area contributed by atoms with Gasteiger partial charge in [0, 0.05) is 10.2 Å². The number of halogens is 1. The largest absolute Gasteiger partial charge is 0.476 e. The maximum absolute atomic E-state index is 5.88. The van der Waals surface area contributed by atoms with Gasteiger partial charge in [0.25, 0.3) is 0 Å². The van der Waals surface area contributed by atoms with Crippen LogP contribution in [-0.4, -0.2) is 11.6 Å². The number of ether oxygens (including phenoxy) is 1. The molecule has 112 valence electrons. The summed E-state index contributed by atoms with van der Waals surface area (Å²) in [5, 5.41) is 3.33. The number of nitrogens with one attached hydrogen (secondary N) is 1. The van der Waals surface area contributed by atoms with Crippen molar-refractivity contribution in [3.05, 3.63) is 40.4 Å². The van der Waals surface area contributed by atoms with Crippen molar-refractivity contribution < 1.29 is 4.74 Å². The Morgan fingerprint density at radius 2 is 2.05 bits per heavy atom. The van der Waals surface area contributed by atoms with Crippen molar-refractivity contribution in [1.82, 2.24) is 4.98 Å². The molecule has 0 aliphatic heterocycles. The van der Waals surface area contributed by atoms with Gasteiger partial charge in [0.05, 0.1) is 12.3 Å². The van der Waals surface area contributed by atoms with E-state index < -0.39 is 0 Å². The van der Waals surface area contributed by atoms with E-state index in [2.05, 4.69) is 39.2 Å². The first-order valence-electron chi connectivity index (χ1n) is 7.08. The van der Waals surface area contributed by atoms with Gasteiger partial charge in [0.1, 0.15) is 5.82 Å². The molecule has 0 spiro atoms. The highest BCUT2D eigenvalue weighted by atomic mass is 79.9. The summed E-state index contributed by atoms with van der Waals surface area (Å²) in [6.45, 7) is 4.78. The van der Waals surface area contributed by atoms with Gasteiger partial charge in [-0.3, -0.25) is 0 Å². The molecule has 1 aromatic heterocycles. The first kappa shape index (κ1) is 15.6. The van der Waals surface area contributed by atoms with Gasteiger partial charge in [0.2, 0.25) is 5.88 Å². The van der Waals surface area contributed by atoms with E-state index in [-0.39, 0.29) is 0 Å². The summed E-state index contributed by atoms with van der Waals surface area (Å²) in [4.78, 5) is 4.43. The number of pyridine rings is 1. The Hall–Kier alpha value is -1.75. The minimum Gasteiger partial charge on any atom is -0.476 e. The number of benzene rings is 1. The van der Waals surface area contributed by atoms with E-state index in [4.69, 9.17) is 10.5 Å². The van der Waals surface area contributed by atoms with Crippen molar-refractivity contribution in [2.75, 3.05) is 17.7 Å². The number of nitrogen functional groups attached to an aromatic ring is 1. The Morgan fingerprint density at radius 3 is 2.76 bits per heavy atom. The van der Waals surface area contributed by atoms with Crippen LogP contribution in [0, 0.1) is 0 Å². The fourth-order valence-electron chi connectivity index (χ4n) is 1.95. The van der Waals surface area contributed by atoms with Crippen LogP contribution in [0.1, 0.15) is 25.8 Å². The standard InChI is InChI=1S/C16H20BrN3O/c1-3-9-21-16-13(18)6-8-15(20-16)19-14-7-5-12(17)10-11(14)4-2/h5-8,10H,3-4,9,18H2,1-2H3,(H,19,20). The van der Waals surface area contributed by atoms with Crippen molar-refractivity contribution in [3.63, 3.8) is 0 Å². The Labute approximate surface area is 133 Å². The Bertz CT molecular complexity index is 616. The van der Waals surface area contributed by atoms with Crippen LogP contribution >= 0.6 is 15.9 Å². The summed E-state index contributed by atoms with van der Waals surface area (Å²) in [6.07, 6.45) is 1.86. The van der Waals surface area contributed by atoms with E-state index in [1.165, 1.54) is 5.56 Å². The Balaban J connectivity index is 2.23. The summed E-state index contributed by atoms with van der Waals surface area (Å²) in [5.41, 5.74) is 8.70. The van der Waals surface area contributed by atoms with Crippen LogP contribution in [0.3, 0.4) is 0 Å². The molecule has 2 aromatic rings. The first-order valence-corrected chi connectivity index (χ1v) is 7.88. The van der Waals surface area contributed by atoms with Crippen molar-refractivity contribution in [1.29, 1.82) is 0 Å². The number of rotatable bonds is 6. The lowest BCUT2D eigenvalue weighted by atomic mass is 10.1. The number of hydrogen-bond acceptors (Lipinski definition) is 4. The van der Waals surface area contributed by atoms with Crippen molar-refractivity contribution in [3.8, 4) is 5.88 Å². The topological polar surface area (TPSA) is 60.2 Å². The van der Waals surface area contributed by atoms with Gasteiger partial charge in [-0.1, -0.05) is 29.8 Å². The lowest BCUT2D eigenvalue weighted by Crippen LogP contribution is -2.04. The number of nitrogens with zero attached hydrogens (tertiary/aromatic N) is 1. The molecule has 0 bridgehead atoms. The second kappa shape index (κ2) is 7.31. The van der Waals surface area contributed by atoms with Crippen LogP contribution in [0.5, 0.6) is 5.88 Å². The molecule has 0 amide bonds. The van der Waals surface area contributed by atoms with Crippen LogP contribution < -0.4 is 15.8 Å². The maximum Gasteiger partial charge on any atom is 0.239 e. The Kier molecular flexibility index (Phi) is 5.44. The van der Waals surface area contributed by atoms with Crippen molar-refractivity contribution in [2.24, 2.45) is 0 Å². The smallest absolute Gasteiger partial charge is 0.239 e. The van der Waals surface area contributed by atoms with Crippen LogP contribution in [0.15, 0.2) is 34.8 Å². The highest BCUT2D eigenvalue weighted by Crippen LogP contribution is 2.27. The molecule has 3 N–H and O–H groups in total. The molecule has 4 nitrogen and oxygen atoms in total. The summed E-state index contributed by atoms with van der Waals surface area (Å²) >= 11 is 3.49. The molecule has 0 unspecified atom stereocenters. The van der Waals surface area contributed by atoms with Crippen LogP contribution in [0.4, 0.5) is 17.2 Å². The molecular weight excluding hydrogens is 330 g/mol. The quantitative estimate of drug-likeness (QED) is 0.804. The van der Waals surface area contributed by atoms with Crippen molar-refractivity contribution in [2.45, 2.75) is 26.7 Å². The molecule has 1 aromatic carbocycles. The van der Waals surface area contributed by atoms with Gasteiger partial charge >= 0.3 is 0 Å². The van der Waals surface area contributed by atoms with Gasteiger partial charge < -0.3 is 15.8 Å². The minimum absolute atomic E-state index is 0.483. The predicted molar refractivity (Wildman–Crippen MR) is 91.2 cm³/mol. The van der Waals surface area contributed by atoms with E-state index in [0.717, 1.165) is 28.8 Å². The summed E-state index contributed by atoms with van der Waals surface area (Å²) in [7, 11) is 0. The number of hydrogen-bond donors (Lipinski definition) is 2.